The zero-order chi connectivity index (χ0) is 21.3. The van der Waals surface area contributed by atoms with Gasteiger partial charge in [-0.15, -0.1) is 0 Å². The second-order valence-corrected chi connectivity index (χ2v) is 8.43. The van der Waals surface area contributed by atoms with Crippen LogP contribution >= 0.6 is 11.6 Å². The van der Waals surface area contributed by atoms with Crippen molar-refractivity contribution in [1.82, 2.24) is 20.0 Å². The van der Waals surface area contributed by atoms with Crippen molar-refractivity contribution < 1.29 is 14.3 Å². The molecule has 3 amide bonds. The topological polar surface area (TPSA) is 65.1 Å². The maximum atomic E-state index is 12.8. The van der Waals surface area contributed by atoms with E-state index in [2.05, 4.69) is 10.2 Å². The summed E-state index contributed by atoms with van der Waals surface area (Å²) >= 11 is 6.18. The minimum absolute atomic E-state index is 0.0140. The number of halogens is 1. The lowest BCUT2D eigenvalue weighted by Gasteiger charge is -2.33. The number of benzene rings is 1. The van der Waals surface area contributed by atoms with Crippen LogP contribution in [0.4, 0.5) is 4.79 Å². The molecule has 3 rings (SSSR count). The highest BCUT2D eigenvalue weighted by Crippen LogP contribution is 2.18. The molecule has 1 aromatic carbocycles. The molecule has 0 radical (unpaired) electrons. The molecule has 0 saturated carbocycles. The molecule has 0 aromatic heterocycles. The number of piperidine rings is 1. The highest BCUT2D eigenvalue weighted by atomic mass is 35.5. The lowest BCUT2D eigenvalue weighted by molar-refractivity contribution is 0.0762. The molecule has 2 heterocycles. The maximum Gasteiger partial charge on any atom is 0.317 e. The van der Waals surface area contributed by atoms with Gasteiger partial charge in [0.15, 0.2) is 0 Å². The van der Waals surface area contributed by atoms with E-state index in [1.54, 1.807) is 24.1 Å². The quantitative estimate of drug-likeness (QED) is 0.696. The van der Waals surface area contributed by atoms with Gasteiger partial charge in [-0.2, -0.15) is 0 Å². The third kappa shape index (κ3) is 6.33. The SMILES string of the molecule is COCCCN1CCC(NC(=O)N2CCCN(C(=O)c3ccccc3Cl)CC2)CC1. The fourth-order valence-electron chi connectivity index (χ4n) is 4.13. The van der Waals surface area contributed by atoms with E-state index in [9.17, 15) is 9.59 Å². The molecule has 0 atom stereocenters. The minimum atomic E-state index is -0.0660. The average molecular weight is 437 g/mol. The van der Waals surface area contributed by atoms with Gasteiger partial charge in [-0.3, -0.25) is 4.79 Å². The van der Waals surface area contributed by atoms with Crippen molar-refractivity contribution in [3.8, 4) is 0 Å². The third-order valence-corrected chi connectivity index (χ3v) is 6.24. The molecule has 1 aromatic rings. The molecule has 7 nitrogen and oxygen atoms in total. The molecular weight excluding hydrogens is 404 g/mol. The molecule has 8 heteroatoms. The van der Waals surface area contributed by atoms with Crippen molar-refractivity contribution in [3.63, 3.8) is 0 Å². The molecular formula is C22H33ClN4O3. The van der Waals surface area contributed by atoms with Gasteiger partial charge in [0.05, 0.1) is 10.6 Å². The lowest BCUT2D eigenvalue weighted by atomic mass is 10.1. The third-order valence-electron chi connectivity index (χ3n) is 5.91. The van der Waals surface area contributed by atoms with Gasteiger partial charge in [0.25, 0.3) is 5.91 Å². The summed E-state index contributed by atoms with van der Waals surface area (Å²) in [4.78, 5) is 31.6. The standard InChI is InChI=1S/C22H33ClN4O3/c1-30-17-5-10-25-13-8-18(9-14-25)24-22(29)27-12-4-11-26(15-16-27)21(28)19-6-2-3-7-20(19)23/h2-3,6-7,18H,4-5,8-17H2,1H3,(H,24,29). The van der Waals surface area contributed by atoms with Crippen LogP contribution in [0.15, 0.2) is 24.3 Å². The Labute approximate surface area is 184 Å². The van der Waals surface area contributed by atoms with Crippen molar-refractivity contribution in [3.05, 3.63) is 34.9 Å². The van der Waals surface area contributed by atoms with Gasteiger partial charge in [0.2, 0.25) is 0 Å². The Kier molecular flexibility index (Phi) is 8.78. The number of rotatable bonds is 6. The number of hydrogen-bond donors (Lipinski definition) is 1. The Hall–Kier alpha value is -1.83. The average Bonchev–Trinajstić information content (AvgIpc) is 3.01. The van der Waals surface area contributed by atoms with Crippen LogP contribution in [0.2, 0.25) is 5.02 Å². The van der Waals surface area contributed by atoms with Crippen molar-refractivity contribution in [2.24, 2.45) is 0 Å². The zero-order valence-corrected chi connectivity index (χ0v) is 18.6. The molecule has 0 spiro atoms. The summed E-state index contributed by atoms with van der Waals surface area (Å²) in [6.45, 7) is 6.22. The molecule has 0 aliphatic carbocycles. The van der Waals surface area contributed by atoms with Gasteiger partial charge in [-0.25, -0.2) is 4.79 Å². The molecule has 2 aliphatic rings. The van der Waals surface area contributed by atoms with E-state index >= 15 is 0 Å². The molecule has 0 unspecified atom stereocenters. The Balaban J connectivity index is 1.44. The molecule has 1 N–H and O–H groups in total. The van der Waals surface area contributed by atoms with Gasteiger partial charge in [0, 0.05) is 65.6 Å². The summed E-state index contributed by atoms with van der Waals surface area (Å²) in [5.41, 5.74) is 0.523. The van der Waals surface area contributed by atoms with E-state index in [4.69, 9.17) is 16.3 Å². The largest absolute Gasteiger partial charge is 0.385 e. The number of carbonyl (C=O) groups excluding carboxylic acids is 2. The molecule has 0 bridgehead atoms. The second kappa shape index (κ2) is 11.5. The van der Waals surface area contributed by atoms with E-state index in [0.29, 0.717) is 36.8 Å². The number of likely N-dealkylation sites (tertiary alicyclic amines) is 1. The predicted molar refractivity (Wildman–Crippen MR) is 118 cm³/mol. The van der Waals surface area contributed by atoms with Crippen molar-refractivity contribution >= 4 is 23.5 Å². The maximum absolute atomic E-state index is 12.8. The number of methoxy groups -OCH3 is 1. The van der Waals surface area contributed by atoms with Crippen molar-refractivity contribution in [2.45, 2.75) is 31.7 Å². The molecule has 2 fully saturated rings. The highest BCUT2D eigenvalue weighted by Gasteiger charge is 2.26. The summed E-state index contributed by atoms with van der Waals surface area (Å²) in [6.07, 6.45) is 3.76. The first-order valence-corrected chi connectivity index (χ1v) is 11.3. The summed E-state index contributed by atoms with van der Waals surface area (Å²) in [7, 11) is 1.73. The number of carbonyl (C=O) groups is 2. The van der Waals surface area contributed by atoms with Gasteiger partial charge >= 0.3 is 6.03 Å². The summed E-state index contributed by atoms with van der Waals surface area (Å²) in [5.74, 6) is -0.0660. The van der Waals surface area contributed by atoms with Crippen LogP contribution in [-0.2, 0) is 4.74 Å². The van der Waals surface area contributed by atoms with E-state index in [-0.39, 0.29) is 18.0 Å². The Morgan fingerprint density at radius 2 is 1.77 bits per heavy atom. The lowest BCUT2D eigenvalue weighted by Crippen LogP contribution is -2.50. The number of urea groups is 1. The summed E-state index contributed by atoms with van der Waals surface area (Å²) < 4.78 is 5.12. The van der Waals surface area contributed by atoms with Gasteiger partial charge < -0.3 is 24.8 Å². The van der Waals surface area contributed by atoms with Gasteiger partial charge in [-0.05, 0) is 37.8 Å². The Bertz CT molecular complexity index is 709. The summed E-state index contributed by atoms with van der Waals surface area (Å²) in [6, 6.07) is 7.33. The number of ether oxygens (including phenoxy) is 1. The first-order chi connectivity index (χ1) is 14.6. The summed E-state index contributed by atoms with van der Waals surface area (Å²) in [5, 5.41) is 3.67. The Morgan fingerprint density at radius 3 is 2.50 bits per heavy atom. The smallest absolute Gasteiger partial charge is 0.317 e. The number of hydrogen-bond acceptors (Lipinski definition) is 4. The predicted octanol–water partition coefficient (Wildman–Crippen LogP) is 2.70. The molecule has 30 heavy (non-hydrogen) atoms. The molecule has 166 valence electrons. The van der Waals surface area contributed by atoms with Crippen molar-refractivity contribution in [2.75, 3.05) is 59.5 Å². The van der Waals surface area contributed by atoms with Gasteiger partial charge in [0.1, 0.15) is 0 Å². The number of amides is 3. The van der Waals surface area contributed by atoms with Crippen LogP contribution in [0.25, 0.3) is 0 Å². The Morgan fingerprint density at radius 1 is 1.07 bits per heavy atom. The second-order valence-electron chi connectivity index (χ2n) is 8.02. The van der Waals surface area contributed by atoms with E-state index in [0.717, 1.165) is 51.9 Å². The highest BCUT2D eigenvalue weighted by molar-refractivity contribution is 6.33. The number of nitrogens with zero attached hydrogens (tertiary/aromatic N) is 3. The van der Waals surface area contributed by atoms with Crippen LogP contribution in [-0.4, -0.2) is 92.2 Å². The zero-order valence-electron chi connectivity index (χ0n) is 17.8. The van der Waals surface area contributed by atoms with Crippen LogP contribution in [0.1, 0.15) is 36.0 Å². The van der Waals surface area contributed by atoms with E-state index in [1.807, 2.05) is 17.0 Å². The molecule has 2 aliphatic heterocycles. The fraction of sp³-hybridized carbons (Fsp3) is 0.636. The normalized spacial score (nSPS) is 18.9. The van der Waals surface area contributed by atoms with Crippen LogP contribution in [0.5, 0.6) is 0 Å². The van der Waals surface area contributed by atoms with Crippen LogP contribution < -0.4 is 5.32 Å². The first kappa shape index (κ1) is 22.8. The number of nitrogens with one attached hydrogen (secondary N) is 1. The minimum Gasteiger partial charge on any atom is -0.385 e. The van der Waals surface area contributed by atoms with E-state index in [1.165, 1.54) is 0 Å². The van der Waals surface area contributed by atoms with Gasteiger partial charge in [-0.1, -0.05) is 23.7 Å². The van der Waals surface area contributed by atoms with Crippen LogP contribution in [0.3, 0.4) is 0 Å². The monoisotopic (exact) mass is 436 g/mol. The van der Waals surface area contributed by atoms with Crippen molar-refractivity contribution in [1.29, 1.82) is 0 Å². The molecule has 2 saturated heterocycles. The first-order valence-electron chi connectivity index (χ1n) is 10.9. The van der Waals surface area contributed by atoms with Crippen LogP contribution in [0, 0.1) is 0 Å². The van der Waals surface area contributed by atoms with E-state index < -0.39 is 0 Å². The fourth-order valence-corrected chi connectivity index (χ4v) is 4.34.